The van der Waals surface area contributed by atoms with E-state index in [1.165, 1.54) is 28.0 Å². The van der Waals surface area contributed by atoms with Crippen LogP contribution in [0.5, 0.6) is 5.75 Å². The Balaban J connectivity index is 1.28. The van der Waals surface area contributed by atoms with Gasteiger partial charge in [-0.15, -0.1) is 11.3 Å². The standard InChI is InChI=1S/C32H22Cl2N2O2S2/c33-25-13-10-20(16-26(25)34)18-38-22-7-3-5-19(15-22)17-28-31(37)36-30(27-9-4-14-39-27)24-12-11-21-6-1-2-8-23(21)29(24)35-32(36)40-28/h1-10,13-17,30H,11-12,18H2/b28-17-/t30-/m0/s1. The molecule has 5 aromatic rings. The first kappa shape index (κ1) is 25.5. The summed E-state index contributed by atoms with van der Waals surface area (Å²) in [4.78, 5) is 20.9. The summed E-state index contributed by atoms with van der Waals surface area (Å²) < 4.78 is 8.55. The number of rotatable bonds is 5. The first-order valence-electron chi connectivity index (χ1n) is 12.9. The maximum Gasteiger partial charge on any atom is 0.271 e. The Bertz CT molecular complexity index is 1970. The predicted molar refractivity (Wildman–Crippen MR) is 164 cm³/mol. The molecule has 2 aromatic heterocycles. The molecule has 7 rings (SSSR count). The molecule has 1 aliphatic carbocycles. The number of fused-ring (bicyclic) bond motifs is 3. The molecule has 0 spiro atoms. The summed E-state index contributed by atoms with van der Waals surface area (Å²) in [6.45, 7) is 0.358. The zero-order valence-electron chi connectivity index (χ0n) is 21.1. The number of nitrogens with zero attached hydrogens (tertiary/aromatic N) is 2. The lowest BCUT2D eigenvalue weighted by Crippen LogP contribution is -2.38. The molecular weight excluding hydrogens is 579 g/mol. The number of thiophene rings is 1. The van der Waals surface area contributed by atoms with Crippen LogP contribution in [-0.2, 0) is 13.0 Å². The summed E-state index contributed by atoms with van der Waals surface area (Å²) in [7, 11) is 0. The van der Waals surface area contributed by atoms with Crippen LogP contribution in [0.4, 0.5) is 0 Å². The lowest BCUT2D eigenvalue weighted by molar-refractivity contribution is 0.306. The Morgan fingerprint density at radius 3 is 2.73 bits per heavy atom. The van der Waals surface area contributed by atoms with Crippen LogP contribution in [0.2, 0.25) is 10.0 Å². The minimum atomic E-state index is -0.136. The summed E-state index contributed by atoms with van der Waals surface area (Å²) in [5.41, 5.74) is 6.52. The largest absolute Gasteiger partial charge is 0.489 e. The van der Waals surface area contributed by atoms with E-state index in [2.05, 4.69) is 41.8 Å². The maximum absolute atomic E-state index is 13.9. The molecule has 40 heavy (non-hydrogen) atoms. The second-order valence-corrected chi connectivity index (χ2v) is 12.5. The van der Waals surface area contributed by atoms with Gasteiger partial charge in [-0.25, -0.2) is 4.99 Å². The van der Waals surface area contributed by atoms with Crippen molar-refractivity contribution in [1.29, 1.82) is 0 Å². The van der Waals surface area contributed by atoms with Gasteiger partial charge in [0.05, 0.1) is 26.3 Å². The SMILES string of the molecule is O=c1/c(=C/c2cccc(OCc3ccc(Cl)c(Cl)c3)c2)sc2n1[C@H](c1cccs1)C1=C(N=2)c2ccccc2CC1. The van der Waals surface area contributed by atoms with Crippen molar-refractivity contribution in [3.05, 3.63) is 147 Å². The van der Waals surface area contributed by atoms with Crippen molar-refractivity contribution in [2.24, 2.45) is 4.99 Å². The zero-order chi connectivity index (χ0) is 27.2. The highest BCUT2D eigenvalue weighted by atomic mass is 35.5. The fraction of sp³-hybridized carbons (Fsp3) is 0.125. The summed E-state index contributed by atoms with van der Waals surface area (Å²) in [5.74, 6) is 0.705. The van der Waals surface area contributed by atoms with Gasteiger partial charge in [-0.3, -0.25) is 9.36 Å². The van der Waals surface area contributed by atoms with Crippen molar-refractivity contribution in [2.75, 3.05) is 0 Å². The summed E-state index contributed by atoms with van der Waals surface area (Å²) in [6, 6.07) is 25.7. The van der Waals surface area contributed by atoms with Gasteiger partial charge < -0.3 is 4.74 Å². The molecule has 0 amide bonds. The van der Waals surface area contributed by atoms with Crippen LogP contribution < -0.4 is 19.6 Å². The zero-order valence-corrected chi connectivity index (χ0v) is 24.3. The van der Waals surface area contributed by atoms with Gasteiger partial charge in [-0.1, -0.05) is 83.1 Å². The molecule has 1 aliphatic heterocycles. The predicted octanol–water partition coefficient (Wildman–Crippen LogP) is 7.27. The smallest absolute Gasteiger partial charge is 0.271 e. The third kappa shape index (κ3) is 4.65. The van der Waals surface area contributed by atoms with Gasteiger partial charge in [-0.05, 0) is 76.9 Å². The molecule has 3 aromatic carbocycles. The summed E-state index contributed by atoms with van der Waals surface area (Å²) >= 11 is 15.3. The van der Waals surface area contributed by atoms with Crippen LogP contribution in [0.15, 0.2) is 99.6 Å². The van der Waals surface area contributed by atoms with Crippen LogP contribution in [0.3, 0.4) is 0 Å². The molecule has 0 fully saturated rings. The number of hydrogen-bond acceptors (Lipinski definition) is 5. The molecule has 0 bridgehead atoms. The number of aromatic nitrogens is 1. The van der Waals surface area contributed by atoms with E-state index in [-0.39, 0.29) is 11.6 Å². The normalized spacial score (nSPS) is 16.2. The molecule has 1 atom stereocenters. The quantitative estimate of drug-likeness (QED) is 0.213. The third-order valence-electron chi connectivity index (χ3n) is 7.23. The highest BCUT2D eigenvalue weighted by molar-refractivity contribution is 7.10. The van der Waals surface area contributed by atoms with Crippen molar-refractivity contribution in [3.63, 3.8) is 0 Å². The van der Waals surface area contributed by atoms with E-state index >= 15 is 0 Å². The lowest BCUT2D eigenvalue weighted by Gasteiger charge is -2.30. The van der Waals surface area contributed by atoms with Gasteiger partial charge >= 0.3 is 0 Å². The Kier molecular flexibility index (Phi) is 6.72. The Labute approximate surface area is 248 Å². The van der Waals surface area contributed by atoms with Gasteiger partial charge in [0.1, 0.15) is 12.4 Å². The number of ether oxygens (including phenoxy) is 1. The van der Waals surface area contributed by atoms with E-state index in [1.807, 2.05) is 41.0 Å². The Hall–Kier alpha value is -3.42. The highest BCUT2D eigenvalue weighted by Gasteiger charge is 2.33. The van der Waals surface area contributed by atoms with Crippen molar-refractivity contribution >= 4 is 57.6 Å². The van der Waals surface area contributed by atoms with E-state index in [4.69, 9.17) is 32.9 Å². The van der Waals surface area contributed by atoms with Gasteiger partial charge in [-0.2, -0.15) is 0 Å². The maximum atomic E-state index is 13.9. The molecule has 2 aliphatic rings. The monoisotopic (exact) mass is 600 g/mol. The topological polar surface area (TPSA) is 43.6 Å². The van der Waals surface area contributed by atoms with Crippen molar-refractivity contribution in [1.82, 2.24) is 4.57 Å². The highest BCUT2D eigenvalue weighted by Crippen LogP contribution is 2.42. The van der Waals surface area contributed by atoms with Crippen LogP contribution in [-0.4, -0.2) is 4.57 Å². The summed E-state index contributed by atoms with van der Waals surface area (Å²) in [6.07, 6.45) is 3.77. The molecule has 0 saturated carbocycles. The van der Waals surface area contributed by atoms with Crippen LogP contribution >= 0.6 is 45.9 Å². The second-order valence-electron chi connectivity index (χ2n) is 9.74. The van der Waals surface area contributed by atoms with Crippen LogP contribution in [0, 0.1) is 0 Å². The lowest BCUT2D eigenvalue weighted by atomic mass is 9.85. The fourth-order valence-electron chi connectivity index (χ4n) is 5.36. The number of benzene rings is 3. The first-order chi connectivity index (χ1) is 19.5. The average Bonchev–Trinajstić information content (AvgIpc) is 3.61. The van der Waals surface area contributed by atoms with Gasteiger partial charge in [0.2, 0.25) is 0 Å². The van der Waals surface area contributed by atoms with Crippen molar-refractivity contribution in [3.8, 4) is 5.75 Å². The number of aryl methyl sites for hydroxylation is 1. The number of thiazole rings is 1. The molecule has 198 valence electrons. The average molecular weight is 602 g/mol. The molecule has 0 saturated heterocycles. The first-order valence-corrected chi connectivity index (χ1v) is 15.3. The molecule has 0 unspecified atom stereocenters. The Morgan fingerprint density at radius 1 is 0.975 bits per heavy atom. The van der Waals surface area contributed by atoms with E-state index in [9.17, 15) is 4.79 Å². The molecule has 0 N–H and O–H groups in total. The summed E-state index contributed by atoms with van der Waals surface area (Å²) in [5, 5.41) is 3.09. The van der Waals surface area contributed by atoms with Crippen molar-refractivity contribution in [2.45, 2.75) is 25.5 Å². The second kappa shape index (κ2) is 10.5. The molecule has 8 heteroatoms. The molecule has 3 heterocycles. The minimum Gasteiger partial charge on any atom is -0.489 e. The van der Waals surface area contributed by atoms with Gasteiger partial charge in [0.15, 0.2) is 4.80 Å². The van der Waals surface area contributed by atoms with Gasteiger partial charge in [0, 0.05) is 10.4 Å². The molecular formula is C32H22Cl2N2O2S2. The number of allylic oxidation sites excluding steroid dienone is 1. The minimum absolute atomic E-state index is 0.0188. The molecule has 0 radical (unpaired) electrons. The van der Waals surface area contributed by atoms with Gasteiger partial charge in [0.25, 0.3) is 5.56 Å². The van der Waals surface area contributed by atoms with Crippen LogP contribution in [0.1, 0.15) is 39.6 Å². The van der Waals surface area contributed by atoms with Crippen molar-refractivity contribution < 1.29 is 4.74 Å². The number of hydrogen-bond donors (Lipinski definition) is 0. The fourth-order valence-corrected chi connectivity index (χ4v) is 7.53. The van der Waals surface area contributed by atoms with E-state index < -0.39 is 0 Å². The Morgan fingerprint density at radius 2 is 1.88 bits per heavy atom. The van der Waals surface area contributed by atoms with E-state index in [1.54, 1.807) is 23.5 Å². The van der Waals surface area contributed by atoms with E-state index in [0.29, 0.717) is 26.9 Å². The van der Waals surface area contributed by atoms with Crippen LogP contribution in [0.25, 0.3) is 11.8 Å². The third-order valence-corrected chi connectivity index (χ3v) is 9.88. The molecule has 4 nitrogen and oxygen atoms in total. The number of halogens is 2. The van der Waals surface area contributed by atoms with E-state index in [0.717, 1.165) is 39.3 Å².